The van der Waals surface area contributed by atoms with Crippen LogP contribution in [0.15, 0.2) is 77.5 Å². The molecule has 0 aliphatic heterocycles. The number of rotatable bonds is 8. The molecule has 6 heteroatoms. The summed E-state index contributed by atoms with van der Waals surface area (Å²) in [6.07, 6.45) is 3.51. The van der Waals surface area contributed by atoms with Crippen LogP contribution in [0.3, 0.4) is 0 Å². The quantitative estimate of drug-likeness (QED) is 0.443. The lowest BCUT2D eigenvalue weighted by Gasteiger charge is -2.10. The van der Waals surface area contributed by atoms with Crippen LogP contribution in [0.25, 0.3) is 28.3 Å². The Kier molecular flexibility index (Phi) is 5.84. The van der Waals surface area contributed by atoms with Gasteiger partial charge in [0, 0.05) is 25.8 Å². The van der Waals surface area contributed by atoms with Crippen LogP contribution in [0, 0.1) is 5.82 Å². The van der Waals surface area contributed by atoms with E-state index in [4.69, 9.17) is 9.15 Å². The number of halogens is 1. The number of benzene rings is 2. The average Bonchev–Trinajstić information content (AvgIpc) is 3.42. The highest BCUT2D eigenvalue weighted by Crippen LogP contribution is 2.28. The Balaban J connectivity index is 1.63. The number of methoxy groups -OCH3 is 1. The summed E-state index contributed by atoms with van der Waals surface area (Å²) < 4.78 is 25.8. The number of nitrogens with zero attached hydrogens (tertiary/aromatic N) is 2. The largest absolute Gasteiger partial charge is 0.463 e. The maximum absolute atomic E-state index is 13.2. The van der Waals surface area contributed by atoms with Crippen molar-refractivity contribution in [3.8, 4) is 28.3 Å². The average molecular weight is 391 g/mol. The summed E-state index contributed by atoms with van der Waals surface area (Å²) in [5, 5.41) is 7.95. The van der Waals surface area contributed by atoms with Gasteiger partial charge in [0.1, 0.15) is 11.5 Å². The smallest absolute Gasteiger partial charge is 0.152 e. The minimum absolute atomic E-state index is 0.239. The molecule has 0 fully saturated rings. The minimum Gasteiger partial charge on any atom is -0.463 e. The fraction of sp³-hybridized carbons (Fsp3) is 0.174. The van der Waals surface area contributed by atoms with Crippen LogP contribution in [0.1, 0.15) is 5.56 Å². The van der Waals surface area contributed by atoms with Crippen molar-refractivity contribution in [1.82, 2.24) is 15.1 Å². The Morgan fingerprint density at radius 1 is 1.03 bits per heavy atom. The third-order valence-corrected chi connectivity index (χ3v) is 4.69. The molecule has 2 aromatic carbocycles. The zero-order valence-electron chi connectivity index (χ0n) is 16.1. The molecule has 0 amide bonds. The van der Waals surface area contributed by atoms with E-state index in [-0.39, 0.29) is 5.82 Å². The molecule has 148 valence electrons. The maximum atomic E-state index is 13.2. The zero-order valence-corrected chi connectivity index (χ0v) is 16.1. The molecular weight excluding hydrogens is 369 g/mol. The van der Waals surface area contributed by atoms with Gasteiger partial charge in [-0.15, -0.1) is 0 Å². The predicted molar refractivity (Wildman–Crippen MR) is 110 cm³/mol. The molecule has 4 rings (SSSR count). The molecule has 0 spiro atoms. The molecule has 0 atom stereocenters. The van der Waals surface area contributed by atoms with Gasteiger partial charge in [0.05, 0.1) is 24.8 Å². The van der Waals surface area contributed by atoms with Gasteiger partial charge < -0.3 is 14.5 Å². The molecule has 0 unspecified atom stereocenters. The van der Waals surface area contributed by atoms with Crippen LogP contribution in [-0.4, -0.2) is 30.0 Å². The van der Waals surface area contributed by atoms with Gasteiger partial charge in [-0.25, -0.2) is 9.07 Å². The summed E-state index contributed by atoms with van der Waals surface area (Å²) in [4.78, 5) is 0. The van der Waals surface area contributed by atoms with Crippen LogP contribution in [0.5, 0.6) is 0 Å². The summed E-state index contributed by atoms with van der Waals surface area (Å²) in [6, 6.07) is 18.3. The fourth-order valence-corrected chi connectivity index (χ4v) is 3.22. The molecular formula is C23H22FN3O2. The zero-order chi connectivity index (χ0) is 20.1. The van der Waals surface area contributed by atoms with E-state index < -0.39 is 0 Å². The summed E-state index contributed by atoms with van der Waals surface area (Å²) in [7, 11) is 1.68. The van der Waals surface area contributed by atoms with E-state index in [1.165, 1.54) is 12.1 Å². The van der Waals surface area contributed by atoms with Crippen molar-refractivity contribution in [1.29, 1.82) is 0 Å². The molecule has 0 aliphatic rings. The number of ether oxygens (including phenoxy) is 1. The summed E-state index contributed by atoms with van der Waals surface area (Å²) in [6.45, 7) is 2.06. The Hall–Kier alpha value is -3.22. The number of nitrogens with one attached hydrogen (secondary N) is 1. The molecule has 0 bridgehead atoms. The van der Waals surface area contributed by atoms with E-state index in [0.717, 1.165) is 40.4 Å². The van der Waals surface area contributed by atoms with E-state index in [2.05, 4.69) is 10.4 Å². The molecule has 2 aromatic heterocycles. The van der Waals surface area contributed by atoms with Crippen molar-refractivity contribution in [2.45, 2.75) is 6.54 Å². The number of hydrogen-bond acceptors (Lipinski definition) is 4. The first-order valence-electron chi connectivity index (χ1n) is 9.43. The SMILES string of the molecule is COCCNCc1cnn(-c2ccc(-c3ccc(F)cc3)cc2)c1-c1ccco1. The second-order valence-corrected chi connectivity index (χ2v) is 6.63. The third kappa shape index (κ3) is 4.29. The monoisotopic (exact) mass is 391 g/mol. The molecule has 5 nitrogen and oxygen atoms in total. The molecule has 0 saturated heterocycles. The normalized spacial score (nSPS) is 11.1. The summed E-state index contributed by atoms with van der Waals surface area (Å²) >= 11 is 0. The summed E-state index contributed by atoms with van der Waals surface area (Å²) in [5.41, 5.74) is 4.85. The van der Waals surface area contributed by atoms with Crippen molar-refractivity contribution < 1.29 is 13.5 Å². The van der Waals surface area contributed by atoms with Crippen molar-refractivity contribution in [2.24, 2.45) is 0 Å². The minimum atomic E-state index is -0.239. The Labute approximate surface area is 168 Å². The Morgan fingerprint density at radius 3 is 2.41 bits per heavy atom. The van der Waals surface area contributed by atoms with E-state index >= 15 is 0 Å². The van der Waals surface area contributed by atoms with Gasteiger partial charge in [-0.05, 0) is 47.5 Å². The van der Waals surface area contributed by atoms with Crippen LogP contribution >= 0.6 is 0 Å². The van der Waals surface area contributed by atoms with Gasteiger partial charge >= 0.3 is 0 Å². The maximum Gasteiger partial charge on any atom is 0.152 e. The van der Waals surface area contributed by atoms with Crippen LogP contribution < -0.4 is 5.32 Å². The first-order valence-corrected chi connectivity index (χ1v) is 9.43. The van der Waals surface area contributed by atoms with E-state index in [1.807, 2.05) is 47.3 Å². The van der Waals surface area contributed by atoms with Crippen molar-refractivity contribution in [3.63, 3.8) is 0 Å². The van der Waals surface area contributed by atoms with Crippen molar-refractivity contribution in [2.75, 3.05) is 20.3 Å². The molecule has 0 aliphatic carbocycles. The second-order valence-electron chi connectivity index (χ2n) is 6.63. The van der Waals surface area contributed by atoms with Gasteiger partial charge in [0.15, 0.2) is 5.76 Å². The lowest BCUT2D eigenvalue weighted by molar-refractivity contribution is 0.199. The van der Waals surface area contributed by atoms with E-state index in [1.54, 1.807) is 25.5 Å². The second kappa shape index (κ2) is 8.86. The predicted octanol–water partition coefficient (Wildman–Crippen LogP) is 4.67. The highest BCUT2D eigenvalue weighted by Gasteiger charge is 2.16. The molecule has 0 saturated carbocycles. The lowest BCUT2D eigenvalue weighted by atomic mass is 10.1. The first kappa shape index (κ1) is 19.1. The highest BCUT2D eigenvalue weighted by atomic mass is 19.1. The third-order valence-electron chi connectivity index (χ3n) is 4.69. The first-order chi connectivity index (χ1) is 14.3. The van der Waals surface area contributed by atoms with Crippen LogP contribution in [0.2, 0.25) is 0 Å². The molecule has 4 aromatic rings. The Bertz CT molecular complexity index is 1040. The number of furan rings is 1. The fourth-order valence-electron chi connectivity index (χ4n) is 3.22. The van der Waals surface area contributed by atoms with Crippen LogP contribution in [0.4, 0.5) is 4.39 Å². The van der Waals surface area contributed by atoms with Crippen molar-refractivity contribution >= 4 is 0 Å². The number of aromatic nitrogens is 2. The van der Waals surface area contributed by atoms with Gasteiger partial charge in [0.25, 0.3) is 0 Å². The Morgan fingerprint density at radius 2 is 1.76 bits per heavy atom. The van der Waals surface area contributed by atoms with Crippen molar-refractivity contribution in [3.05, 3.63) is 84.5 Å². The van der Waals surface area contributed by atoms with Crippen LogP contribution in [-0.2, 0) is 11.3 Å². The highest BCUT2D eigenvalue weighted by molar-refractivity contribution is 5.66. The molecule has 0 radical (unpaired) electrons. The van der Waals surface area contributed by atoms with Gasteiger partial charge in [-0.3, -0.25) is 0 Å². The van der Waals surface area contributed by atoms with E-state index in [0.29, 0.717) is 13.2 Å². The van der Waals surface area contributed by atoms with Gasteiger partial charge in [-0.1, -0.05) is 24.3 Å². The summed E-state index contributed by atoms with van der Waals surface area (Å²) in [5.74, 6) is 0.519. The topological polar surface area (TPSA) is 52.2 Å². The molecule has 2 heterocycles. The molecule has 1 N–H and O–H groups in total. The van der Waals surface area contributed by atoms with E-state index in [9.17, 15) is 4.39 Å². The standard InChI is InChI=1S/C23H22FN3O2/c1-28-14-12-25-15-19-16-26-27(23(19)22-3-2-13-29-22)21-10-6-18(7-11-21)17-4-8-20(24)9-5-17/h2-11,13,16,25H,12,14-15H2,1H3. The van der Waals surface area contributed by atoms with Gasteiger partial charge in [0.2, 0.25) is 0 Å². The lowest BCUT2D eigenvalue weighted by Crippen LogP contribution is -2.18. The number of hydrogen-bond donors (Lipinski definition) is 1. The molecule has 29 heavy (non-hydrogen) atoms. The van der Waals surface area contributed by atoms with Gasteiger partial charge in [-0.2, -0.15) is 5.10 Å².